The molecule has 0 saturated carbocycles. The van der Waals surface area contributed by atoms with E-state index in [4.69, 9.17) is 4.74 Å². The fraction of sp³-hybridized carbons (Fsp3) is 0.321. The van der Waals surface area contributed by atoms with Gasteiger partial charge < -0.3 is 9.64 Å². The zero-order chi connectivity index (χ0) is 22.6. The minimum Gasteiger partial charge on any atom is -0.488 e. The summed E-state index contributed by atoms with van der Waals surface area (Å²) in [6, 6.07) is 20.6. The highest BCUT2D eigenvalue weighted by molar-refractivity contribution is 7.14. The van der Waals surface area contributed by atoms with Crippen molar-refractivity contribution in [2.24, 2.45) is 0 Å². The molecule has 0 aliphatic rings. The molecule has 32 heavy (non-hydrogen) atoms. The summed E-state index contributed by atoms with van der Waals surface area (Å²) in [4.78, 5) is 15.3. The molecule has 3 aromatic rings. The van der Waals surface area contributed by atoms with Gasteiger partial charge in [0.05, 0.1) is 4.88 Å². The minimum atomic E-state index is 0.531. The fourth-order valence-corrected chi connectivity index (χ4v) is 4.21. The van der Waals surface area contributed by atoms with E-state index in [9.17, 15) is 4.79 Å². The monoisotopic (exact) mass is 447 g/mol. The lowest BCUT2D eigenvalue weighted by atomic mass is 10.1. The van der Waals surface area contributed by atoms with Crippen molar-refractivity contribution in [1.29, 1.82) is 0 Å². The Labute approximate surface area is 196 Å². The van der Waals surface area contributed by atoms with Crippen molar-refractivity contribution in [3.63, 3.8) is 0 Å². The van der Waals surface area contributed by atoms with E-state index in [2.05, 4.69) is 55.2 Å². The molecule has 0 spiro atoms. The van der Waals surface area contributed by atoms with Gasteiger partial charge in [0.15, 0.2) is 6.29 Å². The first kappa shape index (κ1) is 23.8. The van der Waals surface area contributed by atoms with Gasteiger partial charge in [0.25, 0.3) is 0 Å². The first-order valence-electron chi connectivity index (χ1n) is 11.5. The molecule has 0 radical (unpaired) electrons. The maximum atomic E-state index is 11.0. The van der Waals surface area contributed by atoms with Crippen molar-refractivity contribution in [2.75, 3.05) is 18.0 Å². The second kappa shape index (κ2) is 12.9. The third kappa shape index (κ3) is 7.10. The number of benzene rings is 2. The zero-order valence-electron chi connectivity index (χ0n) is 19.1. The number of rotatable bonds is 13. The lowest BCUT2D eigenvalue weighted by molar-refractivity contribution is 0.112. The SMILES string of the molecule is CCCCN(CCCC)c1ccc(C=Cc2ccc(C=O)s2)c(OCc2ccccc2)c1. The number of hydrogen-bond acceptors (Lipinski definition) is 4. The minimum absolute atomic E-state index is 0.531. The van der Waals surface area contributed by atoms with Crippen LogP contribution in [0.15, 0.2) is 60.7 Å². The molecule has 0 aliphatic heterocycles. The predicted octanol–water partition coefficient (Wildman–Crippen LogP) is 7.72. The molecular weight excluding hydrogens is 414 g/mol. The van der Waals surface area contributed by atoms with E-state index in [1.807, 2.05) is 36.4 Å². The summed E-state index contributed by atoms with van der Waals surface area (Å²) in [5.74, 6) is 0.882. The number of ether oxygens (including phenoxy) is 1. The molecule has 0 aliphatic carbocycles. The summed E-state index contributed by atoms with van der Waals surface area (Å²) in [7, 11) is 0. The van der Waals surface area contributed by atoms with Crippen LogP contribution in [0.25, 0.3) is 12.2 Å². The van der Waals surface area contributed by atoms with E-state index in [0.717, 1.165) is 46.0 Å². The normalized spacial score (nSPS) is 11.1. The lowest BCUT2D eigenvalue weighted by Crippen LogP contribution is -2.25. The highest BCUT2D eigenvalue weighted by Gasteiger charge is 2.10. The topological polar surface area (TPSA) is 29.5 Å². The van der Waals surface area contributed by atoms with Gasteiger partial charge >= 0.3 is 0 Å². The summed E-state index contributed by atoms with van der Waals surface area (Å²) in [5, 5.41) is 0. The smallest absolute Gasteiger partial charge is 0.160 e. The van der Waals surface area contributed by atoms with E-state index < -0.39 is 0 Å². The Hall–Kier alpha value is -2.85. The molecule has 0 bridgehead atoms. The molecule has 3 nitrogen and oxygen atoms in total. The van der Waals surface area contributed by atoms with E-state index in [-0.39, 0.29) is 0 Å². The molecule has 0 amide bonds. The third-order valence-corrected chi connectivity index (χ3v) is 6.33. The van der Waals surface area contributed by atoms with E-state index >= 15 is 0 Å². The van der Waals surface area contributed by atoms with Gasteiger partial charge in [0.1, 0.15) is 12.4 Å². The molecule has 1 heterocycles. The number of thiophene rings is 1. The van der Waals surface area contributed by atoms with Crippen molar-refractivity contribution in [2.45, 2.75) is 46.1 Å². The van der Waals surface area contributed by atoms with Crippen molar-refractivity contribution in [3.8, 4) is 5.75 Å². The predicted molar refractivity (Wildman–Crippen MR) is 138 cm³/mol. The second-order valence-electron chi connectivity index (χ2n) is 7.88. The van der Waals surface area contributed by atoms with Crippen LogP contribution in [0, 0.1) is 0 Å². The first-order chi connectivity index (χ1) is 15.7. The number of unbranched alkanes of at least 4 members (excludes halogenated alkanes) is 2. The number of hydrogen-bond donors (Lipinski definition) is 0. The van der Waals surface area contributed by atoms with Crippen LogP contribution in [0.2, 0.25) is 0 Å². The Balaban J connectivity index is 1.86. The van der Waals surface area contributed by atoms with Gasteiger partial charge in [-0.15, -0.1) is 11.3 Å². The number of anilines is 1. The van der Waals surface area contributed by atoms with Gasteiger partial charge in [-0.2, -0.15) is 0 Å². The quantitative estimate of drug-likeness (QED) is 0.251. The van der Waals surface area contributed by atoms with Gasteiger partial charge in [-0.25, -0.2) is 0 Å². The van der Waals surface area contributed by atoms with Gasteiger partial charge in [-0.3, -0.25) is 4.79 Å². The summed E-state index contributed by atoms with van der Waals surface area (Å²) >= 11 is 1.49. The van der Waals surface area contributed by atoms with Crippen LogP contribution in [-0.4, -0.2) is 19.4 Å². The highest BCUT2D eigenvalue weighted by atomic mass is 32.1. The van der Waals surface area contributed by atoms with Crippen LogP contribution in [0.4, 0.5) is 5.69 Å². The summed E-state index contributed by atoms with van der Waals surface area (Å²) in [5.41, 5.74) is 3.40. The second-order valence-corrected chi connectivity index (χ2v) is 9.03. The number of aldehydes is 1. The third-order valence-electron chi connectivity index (χ3n) is 5.35. The number of nitrogens with zero attached hydrogens (tertiary/aromatic N) is 1. The van der Waals surface area contributed by atoms with Crippen molar-refractivity contribution >= 4 is 35.5 Å². The molecule has 0 atom stereocenters. The van der Waals surface area contributed by atoms with Crippen LogP contribution in [0.3, 0.4) is 0 Å². The maximum absolute atomic E-state index is 11.0. The van der Waals surface area contributed by atoms with E-state index in [0.29, 0.717) is 6.61 Å². The van der Waals surface area contributed by atoms with E-state index in [1.54, 1.807) is 0 Å². The largest absolute Gasteiger partial charge is 0.488 e. The Kier molecular flexibility index (Phi) is 9.58. The fourth-order valence-electron chi connectivity index (χ4n) is 3.48. The molecule has 168 valence electrons. The van der Waals surface area contributed by atoms with Crippen LogP contribution >= 0.6 is 11.3 Å². The molecule has 0 N–H and O–H groups in total. The van der Waals surface area contributed by atoms with Gasteiger partial charge in [-0.05, 0) is 54.8 Å². The number of carbonyl (C=O) groups is 1. The van der Waals surface area contributed by atoms with Crippen molar-refractivity contribution in [3.05, 3.63) is 81.5 Å². The molecule has 4 heteroatoms. The molecule has 1 aromatic heterocycles. The van der Waals surface area contributed by atoms with E-state index in [1.165, 1.54) is 42.7 Å². The van der Waals surface area contributed by atoms with Crippen LogP contribution in [0.1, 0.15) is 65.2 Å². The molecule has 0 unspecified atom stereocenters. The molecule has 3 rings (SSSR count). The van der Waals surface area contributed by atoms with Gasteiger partial charge in [-0.1, -0.05) is 57.0 Å². The van der Waals surface area contributed by atoms with Gasteiger partial charge in [0, 0.05) is 35.3 Å². The molecule has 0 fully saturated rings. The lowest BCUT2D eigenvalue weighted by Gasteiger charge is -2.25. The van der Waals surface area contributed by atoms with Crippen LogP contribution in [0.5, 0.6) is 5.75 Å². The molecule has 2 aromatic carbocycles. The van der Waals surface area contributed by atoms with Crippen molar-refractivity contribution in [1.82, 2.24) is 0 Å². The van der Waals surface area contributed by atoms with Crippen LogP contribution in [-0.2, 0) is 6.61 Å². The summed E-state index contributed by atoms with van der Waals surface area (Å²) < 4.78 is 6.31. The molecule has 0 saturated heterocycles. The Bertz CT molecular complexity index is 986. The Morgan fingerprint density at radius 3 is 2.25 bits per heavy atom. The Morgan fingerprint density at radius 1 is 0.875 bits per heavy atom. The maximum Gasteiger partial charge on any atom is 0.160 e. The molecular formula is C28H33NO2S. The summed E-state index contributed by atoms with van der Waals surface area (Å²) in [6.45, 7) is 7.13. The number of carbonyl (C=O) groups excluding carboxylic acids is 1. The Morgan fingerprint density at radius 2 is 1.59 bits per heavy atom. The van der Waals surface area contributed by atoms with Gasteiger partial charge in [0.2, 0.25) is 0 Å². The standard InChI is InChI=1S/C28H33NO2S/c1-3-5-18-29(19-6-4-2)25-14-12-24(13-15-26-16-17-27(21-30)32-26)28(20-25)31-22-23-10-8-7-9-11-23/h7-17,20-21H,3-6,18-19,22H2,1-2H3. The van der Waals surface area contributed by atoms with Crippen LogP contribution < -0.4 is 9.64 Å². The zero-order valence-corrected chi connectivity index (χ0v) is 19.9. The van der Waals surface area contributed by atoms with Crippen molar-refractivity contribution < 1.29 is 9.53 Å². The average molecular weight is 448 g/mol. The first-order valence-corrected chi connectivity index (χ1v) is 12.3. The summed E-state index contributed by atoms with van der Waals surface area (Å²) in [6.07, 6.45) is 9.76. The average Bonchev–Trinajstić information content (AvgIpc) is 3.30. The highest BCUT2D eigenvalue weighted by Crippen LogP contribution is 2.29.